The first kappa shape index (κ1) is 11.2. The zero-order valence-corrected chi connectivity index (χ0v) is 10.9. The summed E-state index contributed by atoms with van der Waals surface area (Å²) in [6.07, 6.45) is 5.47. The fraction of sp³-hybridized carbons (Fsp3) is 0.0833. The highest BCUT2D eigenvalue weighted by molar-refractivity contribution is 14.1. The van der Waals surface area contributed by atoms with Gasteiger partial charge in [-0.25, -0.2) is 4.68 Å². The van der Waals surface area contributed by atoms with E-state index < -0.39 is 0 Å². The third-order valence-electron chi connectivity index (χ3n) is 2.20. The van der Waals surface area contributed by atoms with Crippen LogP contribution >= 0.6 is 22.6 Å². The molecule has 0 bridgehead atoms. The topological polar surface area (TPSA) is 29.9 Å². The number of anilines is 1. The minimum absolute atomic E-state index is 0.772. The van der Waals surface area contributed by atoms with Gasteiger partial charge in [0, 0.05) is 33.8 Å². The van der Waals surface area contributed by atoms with E-state index in [1.807, 2.05) is 24.5 Å². The van der Waals surface area contributed by atoms with E-state index in [0.717, 1.165) is 17.8 Å². The quantitative estimate of drug-likeness (QED) is 0.875. The molecule has 0 spiro atoms. The lowest BCUT2D eigenvalue weighted by Gasteiger charge is -2.06. The van der Waals surface area contributed by atoms with E-state index in [9.17, 15) is 0 Å². The Morgan fingerprint density at radius 3 is 2.94 bits per heavy atom. The SMILES string of the molecule is C=Cn1cc(CNc2ccccc2I)cn1. The molecule has 0 radical (unpaired) electrons. The van der Waals surface area contributed by atoms with Gasteiger partial charge in [-0.1, -0.05) is 18.7 Å². The Morgan fingerprint density at radius 2 is 2.25 bits per heavy atom. The fourth-order valence-electron chi connectivity index (χ4n) is 1.37. The number of nitrogens with one attached hydrogen (secondary N) is 1. The van der Waals surface area contributed by atoms with E-state index >= 15 is 0 Å². The lowest BCUT2D eigenvalue weighted by molar-refractivity contribution is 0.936. The minimum Gasteiger partial charge on any atom is -0.380 e. The maximum absolute atomic E-state index is 4.13. The molecule has 1 aromatic heterocycles. The van der Waals surface area contributed by atoms with Gasteiger partial charge in [-0.2, -0.15) is 5.10 Å². The molecule has 1 N–H and O–H groups in total. The van der Waals surface area contributed by atoms with E-state index in [0.29, 0.717) is 0 Å². The normalized spacial score (nSPS) is 10.1. The van der Waals surface area contributed by atoms with Gasteiger partial charge in [0.25, 0.3) is 0 Å². The summed E-state index contributed by atoms with van der Waals surface area (Å²) in [4.78, 5) is 0. The smallest absolute Gasteiger partial charge is 0.0543 e. The second kappa shape index (κ2) is 5.16. The van der Waals surface area contributed by atoms with Crippen LogP contribution in [0.5, 0.6) is 0 Å². The largest absolute Gasteiger partial charge is 0.380 e. The van der Waals surface area contributed by atoms with E-state index in [2.05, 4.69) is 51.7 Å². The van der Waals surface area contributed by atoms with Crippen molar-refractivity contribution in [3.63, 3.8) is 0 Å². The van der Waals surface area contributed by atoms with Gasteiger partial charge >= 0.3 is 0 Å². The molecule has 1 heterocycles. The number of nitrogens with zero attached hydrogens (tertiary/aromatic N) is 2. The zero-order valence-electron chi connectivity index (χ0n) is 8.73. The summed E-state index contributed by atoms with van der Waals surface area (Å²) in [7, 11) is 0. The van der Waals surface area contributed by atoms with Crippen LogP contribution in [0.25, 0.3) is 6.20 Å². The highest BCUT2D eigenvalue weighted by atomic mass is 127. The van der Waals surface area contributed by atoms with Gasteiger partial charge in [-0.05, 0) is 34.7 Å². The maximum Gasteiger partial charge on any atom is 0.0543 e. The van der Waals surface area contributed by atoms with Crippen molar-refractivity contribution in [1.82, 2.24) is 9.78 Å². The number of para-hydroxylation sites is 1. The van der Waals surface area contributed by atoms with Crippen LogP contribution in [0.2, 0.25) is 0 Å². The number of benzene rings is 1. The van der Waals surface area contributed by atoms with Crippen LogP contribution in [0.3, 0.4) is 0 Å². The molecule has 0 aliphatic rings. The van der Waals surface area contributed by atoms with Crippen LogP contribution < -0.4 is 5.32 Å². The molecule has 2 rings (SSSR count). The molecule has 1 aromatic carbocycles. The summed E-state index contributed by atoms with van der Waals surface area (Å²) in [6, 6.07) is 8.20. The molecule has 0 unspecified atom stereocenters. The summed E-state index contributed by atoms with van der Waals surface area (Å²) < 4.78 is 2.92. The van der Waals surface area contributed by atoms with Crippen LogP contribution in [-0.4, -0.2) is 9.78 Å². The number of rotatable bonds is 4. The Bertz CT molecular complexity index is 491. The second-order valence-corrected chi connectivity index (χ2v) is 4.51. The van der Waals surface area contributed by atoms with Crippen molar-refractivity contribution >= 4 is 34.5 Å². The lowest BCUT2D eigenvalue weighted by atomic mass is 10.3. The van der Waals surface area contributed by atoms with Gasteiger partial charge in [0.05, 0.1) is 6.20 Å². The van der Waals surface area contributed by atoms with Crippen molar-refractivity contribution in [2.24, 2.45) is 0 Å². The first-order chi connectivity index (χ1) is 7.79. The van der Waals surface area contributed by atoms with E-state index in [4.69, 9.17) is 0 Å². The average molecular weight is 325 g/mol. The first-order valence-electron chi connectivity index (χ1n) is 4.93. The molecule has 2 aromatic rings. The molecule has 82 valence electrons. The number of hydrogen-bond acceptors (Lipinski definition) is 2. The molecule has 0 aliphatic heterocycles. The predicted molar refractivity (Wildman–Crippen MR) is 75.1 cm³/mol. The van der Waals surface area contributed by atoms with Crippen molar-refractivity contribution < 1.29 is 0 Å². The van der Waals surface area contributed by atoms with Gasteiger partial charge in [-0.3, -0.25) is 0 Å². The summed E-state index contributed by atoms with van der Waals surface area (Å²) in [5.41, 5.74) is 2.29. The van der Waals surface area contributed by atoms with Gasteiger partial charge in [0.2, 0.25) is 0 Å². The molecule has 0 aliphatic carbocycles. The van der Waals surface area contributed by atoms with Crippen LogP contribution in [0.15, 0.2) is 43.2 Å². The van der Waals surface area contributed by atoms with Crippen LogP contribution in [0.4, 0.5) is 5.69 Å². The van der Waals surface area contributed by atoms with Gasteiger partial charge < -0.3 is 5.32 Å². The molecular formula is C12H12IN3. The Kier molecular flexibility index (Phi) is 3.61. The van der Waals surface area contributed by atoms with E-state index in [1.165, 1.54) is 3.57 Å². The molecular weight excluding hydrogens is 313 g/mol. The molecule has 0 amide bonds. The predicted octanol–water partition coefficient (Wildman–Crippen LogP) is 3.20. The number of aromatic nitrogens is 2. The molecule has 4 heteroatoms. The van der Waals surface area contributed by atoms with E-state index in [-0.39, 0.29) is 0 Å². The molecule has 16 heavy (non-hydrogen) atoms. The van der Waals surface area contributed by atoms with Gasteiger partial charge in [0.1, 0.15) is 0 Å². The Morgan fingerprint density at radius 1 is 1.44 bits per heavy atom. The van der Waals surface area contributed by atoms with Crippen molar-refractivity contribution in [1.29, 1.82) is 0 Å². The fourth-order valence-corrected chi connectivity index (χ4v) is 1.95. The lowest BCUT2D eigenvalue weighted by Crippen LogP contribution is -1.99. The van der Waals surface area contributed by atoms with Crippen LogP contribution in [-0.2, 0) is 6.54 Å². The van der Waals surface area contributed by atoms with Crippen molar-refractivity contribution in [2.45, 2.75) is 6.54 Å². The zero-order chi connectivity index (χ0) is 11.4. The number of halogens is 1. The summed E-state index contributed by atoms with van der Waals surface area (Å²) in [6.45, 7) is 4.43. The maximum atomic E-state index is 4.13. The third kappa shape index (κ3) is 2.63. The summed E-state index contributed by atoms with van der Waals surface area (Å²) in [5, 5.41) is 7.50. The highest BCUT2D eigenvalue weighted by Crippen LogP contribution is 2.17. The van der Waals surface area contributed by atoms with Crippen molar-refractivity contribution in [3.05, 3.63) is 52.4 Å². The Hall–Kier alpha value is -1.30. The van der Waals surface area contributed by atoms with Crippen LogP contribution in [0.1, 0.15) is 5.56 Å². The molecule has 0 saturated heterocycles. The molecule has 0 saturated carbocycles. The average Bonchev–Trinajstić information content (AvgIpc) is 2.76. The summed E-state index contributed by atoms with van der Waals surface area (Å²) >= 11 is 2.32. The Labute approximate surface area is 108 Å². The summed E-state index contributed by atoms with van der Waals surface area (Å²) in [5.74, 6) is 0. The molecule has 0 fully saturated rings. The van der Waals surface area contributed by atoms with Crippen LogP contribution in [0, 0.1) is 3.57 Å². The minimum atomic E-state index is 0.772. The van der Waals surface area contributed by atoms with Crippen molar-refractivity contribution in [3.8, 4) is 0 Å². The molecule has 0 atom stereocenters. The third-order valence-corrected chi connectivity index (χ3v) is 3.14. The standard InChI is InChI=1S/C12H12IN3/c1-2-16-9-10(8-15-16)7-14-12-6-4-3-5-11(12)13/h2-6,8-9,14H,1,7H2. The van der Waals surface area contributed by atoms with Crippen molar-refractivity contribution in [2.75, 3.05) is 5.32 Å². The second-order valence-electron chi connectivity index (χ2n) is 3.34. The molecule has 3 nitrogen and oxygen atoms in total. The van der Waals surface area contributed by atoms with Gasteiger partial charge in [-0.15, -0.1) is 0 Å². The van der Waals surface area contributed by atoms with E-state index in [1.54, 1.807) is 10.9 Å². The Balaban J connectivity index is 2.02. The van der Waals surface area contributed by atoms with Gasteiger partial charge in [0.15, 0.2) is 0 Å². The first-order valence-corrected chi connectivity index (χ1v) is 6.01. The number of hydrogen-bond donors (Lipinski definition) is 1. The highest BCUT2D eigenvalue weighted by Gasteiger charge is 1.99. The monoisotopic (exact) mass is 325 g/mol.